The SMILES string of the molecule is S=C(Nc1ccc2c(c1)OCCO2)N1CCN(c2c(Cl)cncc2Cl)CC1. The van der Waals surface area contributed by atoms with Crippen molar-refractivity contribution in [1.29, 1.82) is 0 Å². The molecule has 2 aliphatic rings. The summed E-state index contributed by atoms with van der Waals surface area (Å²) in [7, 11) is 0. The highest BCUT2D eigenvalue weighted by Crippen LogP contribution is 2.34. The molecule has 0 atom stereocenters. The fourth-order valence-electron chi connectivity index (χ4n) is 3.16. The molecule has 1 fully saturated rings. The zero-order valence-electron chi connectivity index (χ0n) is 14.5. The lowest BCUT2D eigenvalue weighted by Crippen LogP contribution is -2.50. The Labute approximate surface area is 173 Å². The lowest BCUT2D eigenvalue weighted by molar-refractivity contribution is 0.171. The molecule has 2 aliphatic heterocycles. The Balaban J connectivity index is 1.37. The van der Waals surface area contributed by atoms with Crippen LogP contribution in [0.3, 0.4) is 0 Å². The molecule has 142 valence electrons. The normalized spacial score (nSPS) is 16.2. The van der Waals surface area contributed by atoms with Crippen LogP contribution in [-0.4, -0.2) is 54.4 Å². The fourth-order valence-corrected chi connectivity index (χ4v) is 4.07. The Morgan fingerprint density at radius 1 is 1.00 bits per heavy atom. The molecule has 0 spiro atoms. The number of nitrogens with zero attached hydrogens (tertiary/aromatic N) is 3. The minimum Gasteiger partial charge on any atom is -0.486 e. The maximum absolute atomic E-state index is 6.26. The zero-order valence-corrected chi connectivity index (χ0v) is 16.8. The number of nitrogens with one attached hydrogen (secondary N) is 1. The van der Waals surface area contributed by atoms with Gasteiger partial charge in [0.2, 0.25) is 0 Å². The Kier molecular flexibility index (Phi) is 5.43. The van der Waals surface area contributed by atoms with Crippen molar-refractivity contribution in [3.05, 3.63) is 40.6 Å². The molecule has 1 N–H and O–H groups in total. The minimum absolute atomic E-state index is 0.559. The van der Waals surface area contributed by atoms with Crippen LogP contribution in [0.5, 0.6) is 11.5 Å². The molecular weight excluding hydrogens is 407 g/mol. The first-order chi connectivity index (χ1) is 13.1. The summed E-state index contributed by atoms with van der Waals surface area (Å²) in [6.45, 7) is 4.21. The van der Waals surface area contributed by atoms with Crippen LogP contribution in [0, 0.1) is 0 Å². The number of pyridine rings is 1. The van der Waals surface area contributed by atoms with Gasteiger partial charge in [0.05, 0.1) is 15.7 Å². The molecular formula is C18H18Cl2N4O2S. The van der Waals surface area contributed by atoms with E-state index in [1.807, 2.05) is 18.2 Å². The number of thiocarbonyl (C=S) groups is 1. The molecule has 27 heavy (non-hydrogen) atoms. The van der Waals surface area contributed by atoms with Crippen LogP contribution in [0.1, 0.15) is 0 Å². The number of aromatic nitrogens is 1. The maximum Gasteiger partial charge on any atom is 0.173 e. The maximum atomic E-state index is 6.26. The molecule has 0 unspecified atom stereocenters. The summed E-state index contributed by atoms with van der Waals surface area (Å²) < 4.78 is 11.2. The highest BCUT2D eigenvalue weighted by Gasteiger charge is 2.23. The summed E-state index contributed by atoms with van der Waals surface area (Å²) in [6.07, 6.45) is 3.23. The van der Waals surface area contributed by atoms with Crippen LogP contribution in [0.25, 0.3) is 0 Å². The van der Waals surface area contributed by atoms with E-state index < -0.39 is 0 Å². The van der Waals surface area contributed by atoms with Gasteiger partial charge in [-0.05, 0) is 24.4 Å². The molecule has 3 heterocycles. The summed E-state index contributed by atoms with van der Waals surface area (Å²) >= 11 is 18.1. The predicted molar refractivity (Wildman–Crippen MR) is 112 cm³/mol. The van der Waals surface area contributed by atoms with Gasteiger partial charge in [0, 0.05) is 50.3 Å². The third-order valence-electron chi connectivity index (χ3n) is 4.50. The van der Waals surface area contributed by atoms with Gasteiger partial charge in [-0.3, -0.25) is 4.98 Å². The number of rotatable bonds is 2. The van der Waals surface area contributed by atoms with Crippen molar-refractivity contribution in [2.45, 2.75) is 0 Å². The van der Waals surface area contributed by atoms with E-state index in [4.69, 9.17) is 44.9 Å². The molecule has 0 saturated carbocycles. The van der Waals surface area contributed by atoms with E-state index in [1.165, 1.54) is 0 Å². The van der Waals surface area contributed by atoms with Gasteiger partial charge in [0.15, 0.2) is 16.6 Å². The molecule has 6 nitrogen and oxygen atoms in total. The van der Waals surface area contributed by atoms with Gasteiger partial charge >= 0.3 is 0 Å². The average Bonchev–Trinajstić information content (AvgIpc) is 2.68. The first kappa shape index (κ1) is 18.4. The number of anilines is 2. The van der Waals surface area contributed by atoms with E-state index in [1.54, 1.807) is 12.4 Å². The van der Waals surface area contributed by atoms with Gasteiger partial charge in [-0.15, -0.1) is 0 Å². The van der Waals surface area contributed by atoms with Gasteiger partial charge in [-0.2, -0.15) is 0 Å². The summed E-state index contributed by atoms with van der Waals surface area (Å²) in [5, 5.41) is 5.09. The number of ether oxygens (including phenoxy) is 2. The van der Waals surface area contributed by atoms with Crippen molar-refractivity contribution in [2.75, 3.05) is 49.6 Å². The van der Waals surface area contributed by atoms with E-state index in [0.29, 0.717) is 28.4 Å². The Morgan fingerprint density at radius 2 is 1.67 bits per heavy atom. The van der Waals surface area contributed by atoms with Gasteiger partial charge in [-0.25, -0.2) is 0 Å². The highest BCUT2D eigenvalue weighted by atomic mass is 35.5. The van der Waals surface area contributed by atoms with E-state index in [0.717, 1.165) is 49.1 Å². The van der Waals surface area contributed by atoms with Crippen LogP contribution < -0.4 is 19.7 Å². The van der Waals surface area contributed by atoms with Crippen molar-refractivity contribution in [2.24, 2.45) is 0 Å². The van der Waals surface area contributed by atoms with Gasteiger partial charge in [0.1, 0.15) is 13.2 Å². The monoisotopic (exact) mass is 424 g/mol. The van der Waals surface area contributed by atoms with E-state index in [-0.39, 0.29) is 0 Å². The number of hydrogen-bond donors (Lipinski definition) is 1. The van der Waals surface area contributed by atoms with Crippen LogP contribution >= 0.6 is 35.4 Å². The van der Waals surface area contributed by atoms with Crippen molar-refractivity contribution in [3.8, 4) is 11.5 Å². The van der Waals surface area contributed by atoms with E-state index in [2.05, 4.69) is 20.1 Å². The highest BCUT2D eigenvalue weighted by molar-refractivity contribution is 7.80. The molecule has 0 aliphatic carbocycles. The van der Waals surface area contributed by atoms with Gasteiger partial charge < -0.3 is 24.6 Å². The Bertz CT molecular complexity index is 839. The molecule has 0 radical (unpaired) electrons. The molecule has 1 saturated heterocycles. The zero-order chi connectivity index (χ0) is 18.8. The van der Waals surface area contributed by atoms with E-state index >= 15 is 0 Å². The van der Waals surface area contributed by atoms with Crippen molar-refractivity contribution in [3.63, 3.8) is 0 Å². The van der Waals surface area contributed by atoms with Crippen LogP contribution in [0.2, 0.25) is 10.0 Å². The molecule has 0 bridgehead atoms. The second-order valence-electron chi connectivity index (χ2n) is 6.21. The molecule has 9 heteroatoms. The number of hydrogen-bond acceptors (Lipinski definition) is 5. The quantitative estimate of drug-likeness (QED) is 0.737. The molecule has 0 amide bonds. The average molecular weight is 425 g/mol. The Hall–Kier alpha value is -1.96. The van der Waals surface area contributed by atoms with Crippen LogP contribution in [-0.2, 0) is 0 Å². The molecule has 1 aromatic heterocycles. The van der Waals surface area contributed by atoms with Gasteiger partial charge in [-0.1, -0.05) is 23.2 Å². The number of fused-ring (bicyclic) bond motifs is 1. The number of piperazine rings is 1. The van der Waals surface area contributed by atoms with Crippen molar-refractivity contribution >= 4 is 51.9 Å². The third kappa shape index (κ3) is 4.00. The first-order valence-corrected chi connectivity index (χ1v) is 9.78. The summed E-state index contributed by atoms with van der Waals surface area (Å²) in [6, 6.07) is 5.74. The second-order valence-corrected chi connectivity index (χ2v) is 7.42. The minimum atomic E-state index is 0.559. The second kappa shape index (κ2) is 7.96. The predicted octanol–water partition coefficient (Wildman–Crippen LogP) is 3.68. The number of halogens is 2. The Morgan fingerprint density at radius 3 is 2.37 bits per heavy atom. The fraction of sp³-hybridized carbons (Fsp3) is 0.333. The topological polar surface area (TPSA) is 49.9 Å². The largest absolute Gasteiger partial charge is 0.486 e. The summed E-state index contributed by atoms with van der Waals surface area (Å²) in [5.74, 6) is 1.50. The molecule has 1 aromatic carbocycles. The van der Waals surface area contributed by atoms with Gasteiger partial charge in [0.25, 0.3) is 0 Å². The first-order valence-electron chi connectivity index (χ1n) is 8.61. The number of benzene rings is 1. The van der Waals surface area contributed by atoms with Crippen molar-refractivity contribution < 1.29 is 9.47 Å². The lowest BCUT2D eigenvalue weighted by atomic mass is 10.2. The molecule has 2 aromatic rings. The van der Waals surface area contributed by atoms with Crippen molar-refractivity contribution in [1.82, 2.24) is 9.88 Å². The van der Waals surface area contributed by atoms with E-state index in [9.17, 15) is 0 Å². The summed E-state index contributed by atoms with van der Waals surface area (Å²) in [4.78, 5) is 8.30. The van der Waals surface area contributed by atoms with Crippen LogP contribution in [0.15, 0.2) is 30.6 Å². The summed E-state index contributed by atoms with van der Waals surface area (Å²) in [5.41, 5.74) is 1.71. The standard InChI is InChI=1S/C18H18Cl2N4O2S/c19-13-10-21-11-14(20)17(13)23-3-5-24(6-4-23)18(27)22-12-1-2-15-16(9-12)26-8-7-25-15/h1-2,9-11H,3-8H2,(H,22,27). The molecule has 4 rings (SSSR count). The smallest absolute Gasteiger partial charge is 0.173 e. The third-order valence-corrected chi connectivity index (χ3v) is 5.42. The van der Waals surface area contributed by atoms with Crippen LogP contribution in [0.4, 0.5) is 11.4 Å². The lowest BCUT2D eigenvalue weighted by Gasteiger charge is -2.38.